The first kappa shape index (κ1) is 48.8. The van der Waals surface area contributed by atoms with Crippen LogP contribution < -0.4 is 59.1 Å². The summed E-state index contributed by atoms with van der Waals surface area (Å²) in [6, 6.07) is 37.8. The Labute approximate surface area is 421 Å². The molecular formula is C47H32N5Na2O6PS3. The second kappa shape index (κ2) is 20.2. The number of aryl methyl sites for hydroxylation is 2. The first-order valence-corrected chi connectivity index (χ1v) is 23.6. The number of aromatic amines is 2. The summed E-state index contributed by atoms with van der Waals surface area (Å²) in [4.78, 5) is 16.7. The maximum absolute atomic E-state index is 11.9. The molecule has 9 rings (SSSR count). The van der Waals surface area contributed by atoms with Crippen molar-refractivity contribution in [3.05, 3.63) is 155 Å². The molecule has 4 aromatic carbocycles. The number of nitriles is 1. The van der Waals surface area contributed by atoms with Crippen LogP contribution in [0.25, 0.3) is 78.7 Å². The van der Waals surface area contributed by atoms with Crippen LogP contribution in [0.2, 0.25) is 0 Å². The van der Waals surface area contributed by atoms with Gasteiger partial charge in [-0.1, -0.05) is 83.9 Å². The minimum Gasteiger partial charge on any atom is -0.744 e. The molecule has 0 atom stereocenters. The average molecular weight is 936 g/mol. The normalized spacial score (nSPS) is 11.8. The number of nitrogens with one attached hydrogen (secondary N) is 2. The van der Waals surface area contributed by atoms with Crippen LogP contribution >= 0.6 is 7.36 Å². The Kier molecular flexibility index (Phi) is 15.4. The third-order valence-electron chi connectivity index (χ3n) is 10.4. The first-order chi connectivity index (χ1) is 29.7. The van der Waals surface area contributed by atoms with Gasteiger partial charge in [-0.25, -0.2) is 21.8 Å². The zero-order valence-electron chi connectivity index (χ0n) is 34.8. The molecule has 0 spiro atoms. The van der Waals surface area contributed by atoms with Gasteiger partial charge in [0, 0.05) is 56.1 Å². The molecule has 3 aromatic heterocycles. The van der Waals surface area contributed by atoms with E-state index in [-0.39, 0.29) is 68.9 Å². The SMILES string of the molecule is Cc1ccc(-c2c3cc(c(-c4ccc(S(=O)(=O)[O-])cc4)c4ccc([nH]4)c(-c4ccc(S(=O)(=O)[O-])cc4)c4nc(c(-c5ccc(C)cc5)c5ccc2[nH]5)C=C4)N=C3)cc1.N#CP=S.[Na+].[Na+]. The van der Waals surface area contributed by atoms with Crippen molar-refractivity contribution in [2.45, 2.75) is 23.6 Å². The van der Waals surface area contributed by atoms with Crippen molar-refractivity contribution in [2.24, 2.45) is 4.99 Å². The predicted molar refractivity (Wildman–Crippen MR) is 246 cm³/mol. The molecule has 0 amide bonds. The van der Waals surface area contributed by atoms with E-state index in [1.807, 2.05) is 62.5 Å². The summed E-state index contributed by atoms with van der Waals surface area (Å²) in [6.07, 6.45) is 5.66. The molecule has 17 heteroatoms. The van der Waals surface area contributed by atoms with Gasteiger partial charge in [0.25, 0.3) is 0 Å². The number of aliphatic imine (C=N–C) groups is 1. The van der Waals surface area contributed by atoms with Crippen LogP contribution in [-0.4, -0.2) is 47.1 Å². The first-order valence-electron chi connectivity index (χ1n) is 18.9. The molecule has 2 aliphatic heterocycles. The number of rotatable bonds is 6. The minimum absolute atomic E-state index is 0. The van der Waals surface area contributed by atoms with Crippen molar-refractivity contribution in [3.8, 4) is 50.3 Å². The van der Waals surface area contributed by atoms with Crippen LogP contribution in [0.15, 0.2) is 142 Å². The van der Waals surface area contributed by atoms with Gasteiger partial charge in [-0.15, -0.1) is 0 Å². The molecule has 64 heavy (non-hydrogen) atoms. The largest absolute Gasteiger partial charge is 1.00 e. The van der Waals surface area contributed by atoms with E-state index in [9.17, 15) is 25.9 Å². The fourth-order valence-electron chi connectivity index (χ4n) is 7.47. The molecule has 11 nitrogen and oxygen atoms in total. The second-order valence-electron chi connectivity index (χ2n) is 14.4. The number of hydrogen-bond donors (Lipinski definition) is 2. The summed E-state index contributed by atoms with van der Waals surface area (Å²) in [7, 11) is -9.01. The molecule has 0 unspecified atom stereocenters. The fourth-order valence-corrected chi connectivity index (χ4v) is 8.41. The molecule has 0 fully saturated rings. The van der Waals surface area contributed by atoms with Gasteiger partial charge in [-0.2, -0.15) is 5.26 Å². The van der Waals surface area contributed by atoms with Crippen molar-refractivity contribution >= 4 is 85.5 Å². The topological polar surface area (TPSA) is 195 Å². The number of hydrogen-bond acceptors (Lipinski definition) is 10. The van der Waals surface area contributed by atoms with E-state index in [0.717, 1.165) is 50.0 Å². The Morgan fingerprint density at radius 3 is 1.30 bits per heavy atom. The van der Waals surface area contributed by atoms with Crippen LogP contribution in [0.4, 0.5) is 5.69 Å². The van der Waals surface area contributed by atoms with E-state index in [4.69, 9.17) is 15.2 Å². The third kappa shape index (κ3) is 10.4. The monoisotopic (exact) mass is 935 g/mol. The van der Waals surface area contributed by atoms with E-state index in [0.29, 0.717) is 57.7 Å². The van der Waals surface area contributed by atoms with Crippen molar-refractivity contribution in [1.29, 1.82) is 5.26 Å². The Morgan fingerprint density at radius 2 is 0.906 bits per heavy atom. The smallest absolute Gasteiger partial charge is 0.744 e. The predicted octanol–water partition coefficient (Wildman–Crippen LogP) is 4.82. The summed E-state index contributed by atoms with van der Waals surface area (Å²) >= 11 is 4.16. The number of H-pyrrole nitrogens is 2. The molecular weight excluding hydrogens is 904 g/mol. The Balaban J connectivity index is 0.00000109. The molecule has 0 saturated heterocycles. The average Bonchev–Trinajstić information content (AvgIpc) is 4.10. The standard InChI is InChI=1S/C46H34N4O6S2.CNPS.2Na/c1-27-3-7-29(8-4-27)43-33-25-42(47-26-33)46(32-13-17-35(18-14-32)58(54,55)56)41-24-23-40(50-41)45(31-11-15-34(16-12-31)57(51,52)53)39-22-21-38(49-39)44(37-20-19-36(43)48-37)30-9-5-28(2)6-10-30;2-1-3-4;;/h3-26,48,50H,1-2H3,(H,51,52,53)(H,54,55,56);;;/q;;2*+1/p-2. The van der Waals surface area contributed by atoms with Gasteiger partial charge in [-0.3, -0.25) is 4.99 Å². The summed E-state index contributed by atoms with van der Waals surface area (Å²) in [5.41, 5.74) is 14.0. The molecule has 2 N–H and O–H groups in total. The van der Waals surface area contributed by atoms with Crippen LogP contribution in [0.5, 0.6) is 0 Å². The molecule has 0 radical (unpaired) electrons. The maximum atomic E-state index is 11.9. The van der Waals surface area contributed by atoms with Gasteiger partial charge in [0.2, 0.25) is 0 Å². The van der Waals surface area contributed by atoms with E-state index < -0.39 is 20.2 Å². The molecule has 8 bridgehead atoms. The van der Waals surface area contributed by atoms with Crippen LogP contribution in [-0.2, 0) is 32.0 Å². The van der Waals surface area contributed by atoms with Gasteiger partial charge in [0.15, 0.2) is 0 Å². The molecule has 7 aromatic rings. The van der Waals surface area contributed by atoms with Crippen LogP contribution in [0.1, 0.15) is 28.1 Å². The number of benzene rings is 4. The second-order valence-corrected chi connectivity index (χ2v) is 18.1. The molecule has 0 aliphatic carbocycles. The van der Waals surface area contributed by atoms with E-state index >= 15 is 0 Å². The van der Waals surface area contributed by atoms with Gasteiger partial charge in [0.05, 0.1) is 34.2 Å². The molecule has 306 valence electrons. The fraction of sp³-hybridized carbons (Fsp3) is 0.0426. The maximum Gasteiger partial charge on any atom is 1.00 e. The summed E-state index contributed by atoms with van der Waals surface area (Å²) in [5.74, 6) is 1.72. The number of fused-ring (bicyclic) bond motifs is 8. The quantitative estimate of drug-likeness (QED) is 0.134. The molecule has 5 heterocycles. The van der Waals surface area contributed by atoms with Crippen molar-refractivity contribution in [2.75, 3.05) is 0 Å². The summed E-state index contributed by atoms with van der Waals surface area (Å²) in [5, 5.41) is 7.51. The minimum atomic E-state index is -4.70. The third-order valence-corrected chi connectivity index (χ3v) is 12.4. The van der Waals surface area contributed by atoms with Crippen molar-refractivity contribution in [3.63, 3.8) is 0 Å². The van der Waals surface area contributed by atoms with Gasteiger partial charge >= 0.3 is 59.1 Å². The van der Waals surface area contributed by atoms with Gasteiger partial charge < -0.3 is 19.1 Å². The Morgan fingerprint density at radius 1 is 0.562 bits per heavy atom. The zero-order valence-corrected chi connectivity index (χ0v) is 42.2. The number of aromatic nitrogens is 3. The zero-order chi connectivity index (χ0) is 43.8. The van der Waals surface area contributed by atoms with E-state index in [2.05, 4.69) is 70.3 Å². The van der Waals surface area contributed by atoms with E-state index in [1.165, 1.54) is 24.3 Å². The number of nitrogens with zero attached hydrogens (tertiary/aromatic N) is 3. The molecule has 2 aliphatic rings. The van der Waals surface area contributed by atoms with Crippen LogP contribution in [0.3, 0.4) is 0 Å². The van der Waals surface area contributed by atoms with Crippen molar-refractivity contribution < 1.29 is 85.1 Å². The van der Waals surface area contributed by atoms with Crippen molar-refractivity contribution in [1.82, 2.24) is 15.0 Å². The van der Waals surface area contributed by atoms with Gasteiger partial charge in [0.1, 0.15) is 26.0 Å². The Hall–Kier alpha value is -4.69. The van der Waals surface area contributed by atoms with Gasteiger partial charge in [-0.05, 0) is 115 Å². The van der Waals surface area contributed by atoms with Crippen LogP contribution in [0, 0.1) is 24.9 Å². The van der Waals surface area contributed by atoms with E-state index in [1.54, 1.807) is 30.1 Å². The molecule has 0 saturated carbocycles. The Bertz CT molecular complexity index is 3220. The summed E-state index contributed by atoms with van der Waals surface area (Å²) < 4.78 is 71.4. The summed E-state index contributed by atoms with van der Waals surface area (Å²) in [6.45, 7) is 4.07.